The zero-order valence-corrected chi connectivity index (χ0v) is 17.4. The van der Waals surface area contributed by atoms with Crippen molar-refractivity contribution in [3.8, 4) is 11.6 Å². The number of amides is 1. The van der Waals surface area contributed by atoms with Gasteiger partial charge in [0.25, 0.3) is 11.6 Å². The molecule has 0 aliphatic carbocycles. The van der Waals surface area contributed by atoms with Crippen LogP contribution in [0.5, 0.6) is 5.75 Å². The molecule has 0 atom stereocenters. The van der Waals surface area contributed by atoms with Crippen LogP contribution < -0.4 is 5.32 Å². The lowest BCUT2D eigenvalue weighted by atomic mass is 10.0. The second-order valence-corrected chi connectivity index (χ2v) is 7.00. The lowest BCUT2D eigenvalue weighted by Crippen LogP contribution is -2.13. The molecule has 0 saturated carbocycles. The van der Waals surface area contributed by atoms with Crippen molar-refractivity contribution in [3.05, 3.63) is 90.3 Å². The molecular formula is C23H15N9O2. The first-order valence-corrected chi connectivity index (χ1v) is 10.00. The fourth-order valence-electron chi connectivity index (χ4n) is 3.39. The fourth-order valence-corrected chi connectivity index (χ4v) is 3.39. The zero-order valence-electron chi connectivity index (χ0n) is 17.4. The highest BCUT2D eigenvalue weighted by atomic mass is 16.3. The van der Waals surface area contributed by atoms with Crippen LogP contribution in [0, 0.1) is 6.57 Å². The number of nitrogens with one attached hydrogen (secondary N) is 2. The highest BCUT2D eigenvalue weighted by Gasteiger charge is 2.21. The first-order chi connectivity index (χ1) is 16.7. The number of imidazole rings is 1. The SMILES string of the molecule is [C-]#[N+]c1cnn(-c2ccccn2)c1/N=N/c1cc2ccccc2c(C(=O)Nc2ncc[nH]2)c1O. The van der Waals surface area contributed by atoms with Crippen molar-refractivity contribution in [2.75, 3.05) is 5.32 Å². The van der Waals surface area contributed by atoms with Crippen LogP contribution in [0.1, 0.15) is 10.4 Å². The molecule has 0 radical (unpaired) electrons. The largest absolute Gasteiger partial charge is 0.505 e. The maximum Gasteiger partial charge on any atom is 0.262 e. The average Bonchev–Trinajstić information content (AvgIpc) is 3.52. The summed E-state index contributed by atoms with van der Waals surface area (Å²) in [6, 6.07) is 13.9. The Morgan fingerprint density at radius 3 is 2.74 bits per heavy atom. The number of azo groups is 1. The van der Waals surface area contributed by atoms with Crippen LogP contribution in [-0.2, 0) is 0 Å². The predicted octanol–water partition coefficient (Wildman–Crippen LogP) is 5.07. The van der Waals surface area contributed by atoms with Crippen LogP contribution in [0.3, 0.4) is 0 Å². The molecular weight excluding hydrogens is 434 g/mol. The van der Waals surface area contributed by atoms with E-state index in [1.165, 1.54) is 17.1 Å². The number of anilines is 1. The molecule has 34 heavy (non-hydrogen) atoms. The third-order valence-electron chi connectivity index (χ3n) is 4.92. The van der Waals surface area contributed by atoms with E-state index in [0.29, 0.717) is 16.6 Å². The third-order valence-corrected chi connectivity index (χ3v) is 4.92. The Bertz CT molecular complexity index is 1570. The molecule has 0 aliphatic heterocycles. The van der Waals surface area contributed by atoms with E-state index in [-0.39, 0.29) is 34.5 Å². The number of aromatic amines is 1. The number of carbonyl (C=O) groups is 1. The quantitative estimate of drug-likeness (QED) is 0.254. The van der Waals surface area contributed by atoms with Crippen LogP contribution in [0.25, 0.3) is 21.4 Å². The number of aromatic nitrogens is 5. The highest BCUT2D eigenvalue weighted by Crippen LogP contribution is 2.39. The molecule has 11 nitrogen and oxygen atoms in total. The van der Waals surface area contributed by atoms with Gasteiger partial charge in [-0.15, -0.1) is 10.2 Å². The number of nitrogens with zero attached hydrogens (tertiary/aromatic N) is 7. The Morgan fingerprint density at radius 1 is 1.12 bits per heavy atom. The van der Waals surface area contributed by atoms with Crippen molar-refractivity contribution in [2.45, 2.75) is 0 Å². The number of aromatic hydroxyl groups is 1. The second kappa shape index (κ2) is 8.64. The van der Waals surface area contributed by atoms with E-state index in [2.05, 4.69) is 40.4 Å². The van der Waals surface area contributed by atoms with Gasteiger partial charge in [0.05, 0.1) is 18.3 Å². The summed E-state index contributed by atoms with van der Waals surface area (Å²) in [6.45, 7) is 7.42. The molecule has 0 unspecified atom stereocenters. The molecule has 0 saturated heterocycles. The summed E-state index contributed by atoms with van der Waals surface area (Å²) < 4.78 is 1.37. The van der Waals surface area contributed by atoms with Gasteiger partial charge >= 0.3 is 0 Å². The van der Waals surface area contributed by atoms with Gasteiger partial charge < -0.3 is 10.1 Å². The lowest BCUT2D eigenvalue weighted by Gasteiger charge is -2.11. The minimum atomic E-state index is -0.568. The Labute approximate surface area is 192 Å². The maximum atomic E-state index is 13.0. The van der Waals surface area contributed by atoms with Gasteiger partial charge in [-0.05, 0) is 29.0 Å². The minimum Gasteiger partial charge on any atom is -0.505 e. The summed E-state index contributed by atoms with van der Waals surface area (Å²) in [4.78, 5) is 27.4. The molecule has 5 aromatic rings. The van der Waals surface area contributed by atoms with Gasteiger partial charge in [-0.2, -0.15) is 5.10 Å². The summed E-state index contributed by atoms with van der Waals surface area (Å²) in [6.07, 6.45) is 6.02. The van der Waals surface area contributed by atoms with Crippen LogP contribution in [0.15, 0.2) is 83.5 Å². The van der Waals surface area contributed by atoms with E-state index in [4.69, 9.17) is 6.57 Å². The van der Waals surface area contributed by atoms with Gasteiger partial charge in [0.15, 0.2) is 17.4 Å². The molecule has 0 aliphatic rings. The number of phenolic OH excluding ortho intramolecular Hbond substituents is 1. The Hall–Kier alpha value is -5.37. The summed E-state index contributed by atoms with van der Waals surface area (Å²) in [7, 11) is 0. The maximum absolute atomic E-state index is 13.0. The lowest BCUT2D eigenvalue weighted by molar-refractivity contribution is 0.102. The number of benzene rings is 2. The first-order valence-electron chi connectivity index (χ1n) is 10.00. The Balaban J connectivity index is 1.61. The van der Waals surface area contributed by atoms with Gasteiger partial charge in [0.2, 0.25) is 5.95 Å². The number of hydrogen-bond acceptors (Lipinski definition) is 7. The second-order valence-electron chi connectivity index (χ2n) is 7.00. The van der Waals surface area contributed by atoms with Crippen LogP contribution in [0.2, 0.25) is 0 Å². The number of hydrogen-bond donors (Lipinski definition) is 3. The molecule has 3 aromatic heterocycles. The Morgan fingerprint density at radius 2 is 1.97 bits per heavy atom. The van der Waals surface area contributed by atoms with Crippen LogP contribution in [-0.4, -0.2) is 35.7 Å². The topological polar surface area (TPSA) is 138 Å². The molecule has 5 rings (SSSR count). The van der Waals surface area contributed by atoms with E-state index in [1.54, 1.807) is 54.9 Å². The Kier molecular flexibility index (Phi) is 5.21. The van der Waals surface area contributed by atoms with E-state index in [1.807, 2.05) is 6.07 Å². The third kappa shape index (κ3) is 3.71. The first kappa shape index (κ1) is 20.5. The van der Waals surface area contributed by atoms with E-state index < -0.39 is 5.91 Å². The molecule has 3 N–H and O–H groups in total. The van der Waals surface area contributed by atoms with Crippen molar-refractivity contribution < 1.29 is 9.90 Å². The van der Waals surface area contributed by atoms with Crippen molar-refractivity contribution in [3.63, 3.8) is 0 Å². The van der Waals surface area contributed by atoms with Crippen molar-refractivity contribution in [2.24, 2.45) is 10.2 Å². The van der Waals surface area contributed by atoms with Gasteiger partial charge in [-0.25, -0.2) is 19.5 Å². The molecule has 0 spiro atoms. The number of carbonyl (C=O) groups excluding carboxylic acids is 1. The molecule has 3 heterocycles. The van der Waals surface area contributed by atoms with E-state index in [0.717, 1.165) is 0 Å². The minimum absolute atomic E-state index is 0.0205. The standard InChI is InChI=1S/C23H15N9O2/c1-24-17-13-28-32(18-8-4-5-9-25-18)21(17)31-30-16-12-14-6-2-3-7-15(14)19(20(16)33)22(34)29-23-26-10-11-27-23/h2-13,33H,(H2,26,27,29,34)/b31-30+. The van der Waals surface area contributed by atoms with E-state index in [9.17, 15) is 9.90 Å². The molecule has 2 aromatic carbocycles. The molecule has 1 amide bonds. The number of H-pyrrole nitrogens is 1. The van der Waals surface area contributed by atoms with E-state index >= 15 is 0 Å². The summed E-state index contributed by atoms with van der Waals surface area (Å²) in [5, 5.41) is 27.3. The van der Waals surface area contributed by atoms with Gasteiger partial charge in [-0.1, -0.05) is 30.3 Å². The molecule has 0 bridgehead atoms. The van der Waals surface area contributed by atoms with Crippen molar-refractivity contribution in [1.29, 1.82) is 0 Å². The highest BCUT2D eigenvalue weighted by molar-refractivity contribution is 6.15. The molecule has 164 valence electrons. The van der Waals surface area contributed by atoms with Crippen molar-refractivity contribution in [1.82, 2.24) is 24.7 Å². The van der Waals surface area contributed by atoms with Gasteiger partial charge in [0.1, 0.15) is 5.69 Å². The number of fused-ring (bicyclic) bond motifs is 1. The summed E-state index contributed by atoms with van der Waals surface area (Å²) in [5.41, 5.74) is 0.227. The zero-order chi connectivity index (χ0) is 23.5. The monoisotopic (exact) mass is 449 g/mol. The number of pyridine rings is 1. The normalized spacial score (nSPS) is 11.0. The van der Waals surface area contributed by atoms with Crippen LogP contribution >= 0.6 is 0 Å². The number of phenols is 1. The van der Waals surface area contributed by atoms with Gasteiger partial charge in [-0.3, -0.25) is 10.1 Å². The molecule has 11 heteroatoms. The smallest absolute Gasteiger partial charge is 0.262 e. The summed E-state index contributed by atoms with van der Waals surface area (Å²) in [5.74, 6) is -0.0993. The van der Waals surface area contributed by atoms with Crippen molar-refractivity contribution >= 4 is 39.8 Å². The summed E-state index contributed by atoms with van der Waals surface area (Å²) >= 11 is 0. The average molecular weight is 449 g/mol. The number of rotatable bonds is 5. The van der Waals surface area contributed by atoms with Gasteiger partial charge in [0, 0.05) is 18.6 Å². The predicted molar refractivity (Wildman–Crippen MR) is 124 cm³/mol. The molecule has 0 fully saturated rings. The fraction of sp³-hybridized carbons (Fsp3) is 0. The van der Waals surface area contributed by atoms with Crippen LogP contribution in [0.4, 0.5) is 23.1 Å².